The second-order valence-electron chi connectivity index (χ2n) is 3.66. The van der Waals surface area contributed by atoms with Crippen LogP contribution in [0.1, 0.15) is 24.0 Å². The van der Waals surface area contributed by atoms with Gasteiger partial charge in [0.25, 0.3) is 0 Å². The quantitative estimate of drug-likeness (QED) is 0.710. The van der Waals surface area contributed by atoms with Gasteiger partial charge in [0.1, 0.15) is 12.4 Å². The number of alkyl halides is 1. The summed E-state index contributed by atoms with van der Waals surface area (Å²) in [6.07, 6.45) is 7.91. The van der Waals surface area contributed by atoms with Crippen molar-refractivity contribution < 1.29 is 4.74 Å². The van der Waals surface area contributed by atoms with Crippen LogP contribution in [0.3, 0.4) is 0 Å². The lowest BCUT2D eigenvalue weighted by Crippen LogP contribution is -2.01. The van der Waals surface area contributed by atoms with Crippen molar-refractivity contribution in [2.24, 2.45) is 0 Å². The minimum Gasteiger partial charge on any atom is -0.492 e. The average molecular weight is 223 g/mol. The molecule has 1 aromatic rings. The smallest absolute Gasteiger partial charge is 0.126 e. The maximum Gasteiger partial charge on any atom is 0.126 e. The summed E-state index contributed by atoms with van der Waals surface area (Å²) in [4.78, 5) is 0. The molecular formula is C13H15ClO. The Morgan fingerprint density at radius 3 is 3.13 bits per heavy atom. The normalized spacial score (nSPS) is 14.5. The molecule has 0 aromatic heterocycles. The zero-order valence-corrected chi connectivity index (χ0v) is 9.46. The van der Waals surface area contributed by atoms with Crippen LogP contribution in [-0.2, 0) is 6.42 Å². The standard InChI is InChI=1S/C13H15ClO/c14-9-10-15-13-8-4-6-11-5-2-1-3-7-12(11)13/h3-4,6-8H,1-2,5,9-10H2. The van der Waals surface area contributed by atoms with Crippen molar-refractivity contribution in [1.82, 2.24) is 0 Å². The first-order valence-corrected chi connectivity index (χ1v) is 5.92. The molecular weight excluding hydrogens is 208 g/mol. The van der Waals surface area contributed by atoms with Gasteiger partial charge in [-0.3, -0.25) is 0 Å². The van der Waals surface area contributed by atoms with E-state index < -0.39 is 0 Å². The minimum atomic E-state index is 0.535. The molecule has 1 aromatic carbocycles. The van der Waals surface area contributed by atoms with Gasteiger partial charge in [-0.1, -0.05) is 24.3 Å². The highest BCUT2D eigenvalue weighted by Gasteiger charge is 2.08. The third kappa shape index (κ3) is 2.54. The van der Waals surface area contributed by atoms with Gasteiger partial charge in [-0.05, 0) is 30.9 Å². The van der Waals surface area contributed by atoms with Crippen molar-refractivity contribution >= 4 is 17.7 Å². The van der Waals surface area contributed by atoms with Crippen LogP contribution in [0.5, 0.6) is 5.75 Å². The second kappa shape index (κ2) is 5.22. The molecule has 0 radical (unpaired) electrons. The molecule has 0 aliphatic heterocycles. The van der Waals surface area contributed by atoms with E-state index in [1.165, 1.54) is 17.5 Å². The highest BCUT2D eigenvalue weighted by atomic mass is 35.5. The summed E-state index contributed by atoms with van der Waals surface area (Å²) in [6, 6.07) is 6.25. The molecule has 0 atom stereocenters. The van der Waals surface area contributed by atoms with Crippen LogP contribution in [0.4, 0.5) is 0 Å². The summed E-state index contributed by atoms with van der Waals surface area (Å²) in [5, 5.41) is 0. The third-order valence-electron chi connectivity index (χ3n) is 2.59. The molecule has 0 saturated carbocycles. The SMILES string of the molecule is ClCCOc1cccc2c1C=CCCC2. The van der Waals surface area contributed by atoms with E-state index >= 15 is 0 Å². The molecule has 2 rings (SSSR count). The van der Waals surface area contributed by atoms with Crippen LogP contribution in [-0.4, -0.2) is 12.5 Å². The highest BCUT2D eigenvalue weighted by Crippen LogP contribution is 2.27. The van der Waals surface area contributed by atoms with Gasteiger partial charge < -0.3 is 4.74 Å². The first-order valence-electron chi connectivity index (χ1n) is 5.39. The number of hydrogen-bond acceptors (Lipinski definition) is 1. The Morgan fingerprint density at radius 2 is 2.27 bits per heavy atom. The maximum absolute atomic E-state index is 5.63. The van der Waals surface area contributed by atoms with Crippen molar-refractivity contribution in [3.05, 3.63) is 35.4 Å². The van der Waals surface area contributed by atoms with Gasteiger partial charge in [-0.15, -0.1) is 11.6 Å². The summed E-state index contributed by atoms with van der Waals surface area (Å²) >= 11 is 5.62. The predicted molar refractivity (Wildman–Crippen MR) is 64.6 cm³/mol. The van der Waals surface area contributed by atoms with Crippen LogP contribution in [0, 0.1) is 0 Å². The Morgan fingerprint density at radius 1 is 1.33 bits per heavy atom. The Labute approximate surface area is 95.7 Å². The Bertz CT molecular complexity index is 358. The zero-order chi connectivity index (χ0) is 10.5. The lowest BCUT2D eigenvalue weighted by atomic mass is 10.0. The highest BCUT2D eigenvalue weighted by molar-refractivity contribution is 6.18. The zero-order valence-electron chi connectivity index (χ0n) is 8.71. The molecule has 1 aliphatic rings. The van der Waals surface area contributed by atoms with Crippen LogP contribution in [0.25, 0.3) is 6.08 Å². The van der Waals surface area contributed by atoms with E-state index in [0.717, 1.165) is 18.6 Å². The third-order valence-corrected chi connectivity index (χ3v) is 2.75. The first-order chi connectivity index (χ1) is 7.42. The van der Waals surface area contributed by atoms with Crippen molar-refractivity contribution in [1.29, 1.82) is 0 Å². The van der Waals surface area contributed by atoms with Gasteiger partial charge in [-0.25, -0.2) is 0 Å². The van der Waals surface area contributed by atoms with Gasteiger partial charge in [0, 0.05) is 5.56 Å². The summed E-state index contributed by atoms with van der Waals surface area (Å²) < 4.78 is 5.63. The monoisotopic (exact) mass is 222 g/mol. The molecule has 2 heteroatoms. The molecule has 0 heterocycles. The number of hydrogen-bond donors (Lipinski definition) is 0. The molecule has 80 valence electrons. The summed E-state index contributed by atoms with van der Waals surface area (Å²) in [6.45, 7) is 0.575. The van der Waals surface area contributed by atoms with Crippen molar-refractivity contribution in [3.63, 3.8) is 0 Å². The summed E-state index contributed by atoms with van der Waals surface area (Å²) in [5.74, 6) is 1.50. The van der Waals surface area contributed by atoms with E-state index in [-0.39, 0.29) is 0 Å². The van der Waals surface area contributed by atoms with Crippen LogP contribution in [0.15, 0.2) is 24.3 Å². The predicted octanol–water partition coefficient (Wildman–Crippen LogP) is 3.65. The van der Waals surface area contributed by atoms with Gasteiger partial charge in [0.05, 0.1) is 5.88 Å². The fraction of sp³-hybridized carbons (Fsp3) is 0.385. The molecule has 0 bridgehead atoms. The van der Waals surface area contributed by atoms with E-state index in [0.29, 0.717) is 12.5 Å². The fourth-order valence-corrected chi connectivity index (χ4v) is 1.96. The van der Waals surface area contributed by atoms with E-state index in [1.54, 1.807) is 0 Å². The number of aryl methyl sites for hydroxylation is 1. The maximum atomic E-state index is 5.63. The van der Waals surface area contributed by atoms with Crippen molar-refractivity contribution in [2.75, 3.05) is 12.5 Å². The van der Waals surface area contributed by atoms with E-state index in [9.17, 15) is 0 Å². The number of allylic oxidation sites excluding steroid dienone is 1. The van der Waals surface area contributed by atoms with E-state index in [4.69, 9.17) is 16.3 Å². The van der Waals surface area contributed by atoms with Gasteiger partial charge in [0.2, 0.25) is 0 Å². The van der Waals surface area contributed by atoms with Crippen molar-refractivity contribution in [2.45, 2.75) is 19.3 Å². The Balaban J connectivity index is 2.29. The van der Waals surface area contributed by atoms with E-state index in [2.05, 4.69) is 24.3 Å². The first kappa shape index (κ1) is 10.6. The number of rotatable bonds is 3. The molecule has 0 saturated heterocycles. The van der Waals surface area contributed by atoms with Crippen LogP contribution >= 0.6 is 11.6 Å². The van der Waals surface area contributed by atoms with Gasteiger partial charge in [-0.2, -0.15) is 0 Å². The van der Waals surface area contributed by atoms with Crippen molar-refractivity contribution in [3.8, 4) is 5.75 Å². The van der Waals surface area contributed by atoms with Gasteiger partial charge >= 0.3 is 0 Å². The number of benzene rings is 1. The van der Waals surface area contributed by atoms with E-state index in [1.807, 2.05) is 6.07 Å². The van der Waals surface area contributed by atoms with Crippen LogP contribution in [0.2, 0.25) is 0 Å². The average Bonchev–Trinajstić information content (AvgIpc) is 2.51. The minimum absolute atomic E-state index is 0.535. The van der Waals surface area contributed by atoms with Crippen LogP contribution < -0.4 is 4.74 Å². The molecule has 15 heavy (non-hydrogen) atoms. The fourth-order valence-electron chi connectivity index (χ4n) is 1.88. The second-order valence-corrected chi connectivity index (χ2v) is 4.04. The lowest BCUT2D eigenvalue weighted by molar-refractivity contribution is 0.341. The van der Waals surface area contributed by atoms with Gasteiger partial charge in [0.15, 0.2) is 0 Å². The topological polar surface area (TPSA) is 9.23 Å². The number of ether oxygens (including phenoxy) is 1. The molecule has 0 spiro atoms. The molecule has 0 unspecified atom stereocenters. The number of fused-ring (bicyclic) bond motifs is 1. The molecule has 0 N–H and O–H groups in total. The molecule has 0 amide bonds. The summed E-state index contributed by atoms with van der Waals surface area (Å²) in [5.41, 5.74) is 2.62. The molecule has 1 aliphatic carbocycles. The number of halogens is 1. The Kier molecular flexibility index (Phi) is 3.68. The molecule has 1 nitrogen and oxygen atoms in total. The summed E-state index contributed by atoms with van der Waals surface area (Å²) in [7, 11) is 0. The lowest BCUT2D eigenvalue weighted by Gasteiger charge is -2.11. The largest absolute Gasteiger partial charge is 0.492 e. The Hall–Kier alpha value is -0.950. The molecule has 0 fully saturated rings.